The van der Waals surface area contributed by atoms with E-state index in [9.17, 15) is 9.59 Å². The number of H-pyrrole nitrogens is 1. The van der Waals surface area contributed by atoms with Crippen LogP contribution >= 0.6 is 0 Å². The second-order valence-corrected chi connectivity index (χ2v) is 6.17. The van der Waals surface area contributed by atoms with Gasteiger partial charge in [-0.2, -0.15) is 5.10 Å². The van der Waals surface area contributed by atoms with Crippen LogP contribution in [0.1, 0.15) is 46.5 Å². The number of hydrogen-bond donors (Lipinski definition) is 1. The number of pyridine rings is 1. The predicted octanol–water partition coefficient (Wildman–Crippen LogP) is 1.14. The molecule has 1 amide bonds. The van der Waals surface area contributed by atoms with Gasteiger partial charge in [0.1, 0.15) is 11.4 Å². The molecule has 1 aliphatic rings. The van der Waals surface area contributed by atoms with Gasteiger partial charge in [-0.15, -0.1) is 0 Å². The van der Waals surface area contributed by atoms with E-state index >= 15 is 0 Å². The van der Waals surface area contributed by atoms with Gasteiger partial charge in [0.15, 0.2) is 11.3 Å². The molecular weight excluding hydrogens is 294 g/mol. The average molecular weight is 315 g/mol. The number of amides is 1. The first kappa shape index (κ1) is 15.5. The molecule has 7 heteroatoms. The number of piperidine rings is 1. The summed E-state index contributed by atoms with van der Waals surface area (Å²) in [5.41, 5.74) is 0.839. The molecule has 7 nitrogen and oxygen atoms in total. The number of aromatic amines is 1. The van der Waals surface area contributed by atoms with Crippen LogP contribution in [0.4, 0.5) is 0 Å². The molecular formula is C16H21N5O2. The predicted molar refractivity (Wildman–Crippen MR) is 85.4 cm³/mol. The zero-order valence-electron chi connectivity index (χ0n) is 13.7. The molecule has 0 aliphatic carbocycles. The maximum atomic E-state index is 12.7. The molecule has 2 aromatic rings. The van der Waals surface area contributed by atoms with E-state index in [1.165, 1.54) is 6.07 Å². The quantitative estimate of drug-likeness (QED) is 0.901. The number of nitrogens with zero attached hydrogens (tertiary/aromatic N) is 4. The number of aryl methyl sites for hydroxylation is 3. The molecule has 1 saturated heterocycles. The highest BCUT2D eigenvalue weighted by atomic mass is 16.2. The minimum absolute atomic E-state index is 0.118. The molecule has 1 fully saturated rings. The Bertz CT molecular complexity index is 792. The van der Waals surface area contributed by atoms with E-state index in [2.05, 4.69) is 15.2 Å². The number of carbonyl (C=O) groups is 1. The van der Waals surface area contributed by atoms with E-state index in [4.69, 9.17) is 0 Å². The fourth-order valence-corrected chi connectivity index (χ4v) is 2.97. The van der Waals surface area contributed by atoms with Gasteiger partial charge >= 0.3 is 0 Å². The molecule has 23 heavy (non-hydrogen) atoms. The molecule has 1 N–H and O–H groups in total. The van der Waals surface area contributed by atoms with E-state index in [-0.39, 0.29) is 22.8 Å². The van der Waals surface area contributed by atoms with Crippen molar-refractivity contribution in [3.8, 4) is 0 Å². The Morgan fingerprint density at radius 3 is 2.87 bits per heavy atom. The van der Waals surface area contributed by atoms with E-state index < -0.39 is 0 Å². The van der Waals surface area contributed by atoms with Gasteiger partial charge in [-0.1, -0.05) is 0 Å². The molecule has 0 radical (unpaired) electrons. The Hall–Kier alpha value is -2.44. The molecule has 0 saturated carbocycles. The number of rotatable bonds is 2. The molecule has 1 aliphatic heterocycles. The Balaban J connectivity index is 1.82. The molecule has 0 spiro atoms. The lowest BCUT2D eigenvalue weighted by Crippen LogP contribution is -2.41. The maximum absolute atomic E-state index is 12.7. The number of carbonyl (C=O) groups excluding carboxylic acids is 1. The van der Waals surface area contributed by atoms with Gasteiger partial charge < -0.3 is 9.47 Å². The van der Waals surface area contributed by atoms with Gasteiger partial charge in [-0.3, -0.25) is 14.7 Å². The van der Waals surface area contributed by atoms with E-state index in [1.807, 2.05) is 20.9 Å². The minimum Gasteiger partial charge on any atom is -0.354 e. The van der Waals surface area contributed by atoms with Crippen molar-refractivity contribution in [3.05, 3.63) is 45.4 Å². The number of hydrogen-bond acceptors (Lipinski definition) is 4. The fourth-order valence-electron chi connectivity index (χ4n) is 2.97. The zero-order chi connectivity index (χ0) is 16.6. The summed E-state index contributed by atoms with van der Waals surface area (Å²) in [6, 6.07) is 1.51. The van der Waals surface area contributed by atoms with Crippen LogP contribution in [0.3, 0.4) is 0 Å². The summed E-state index contributed by atoms with van der Waals surface area (Å²) in [5, 5.41) is 7.06. The first-order chi connectivity index (χ1) is 11.0. The Labute approximate surface area is 134 Å². The third kappa shape index (κ3) is 3.04. The Morgan fingerprint density at radius 1 is 1.39 bits per heavy atom. The lowest BCUT2D eigenvalue weighted by atomic mass is 9.97. The van der Waals surface area contributed by atoms with Crippen molar-refractivity contribution in [2.75, 3.05) is 13.1 Å². The molecule has 3 heterocycles. The van der Waals surface area contributed by atoms with Crippen molar-refractivity contribution < 1.29 is 4.79 Å². The van der Waals surface area contributed by atoms with Crippen LogP contribution in [0, 0.1) is 13.8 Å². The molecule has 1 atom stereocenters. The van der Waals surface area contributed by atoms with Crippen LogP contribution in [0.2, 0.25) is 0 Å². The van der Waals surface area contributed by atoms with Crippen LogP contribution in [0.15, 0.2) is 17.1 Å². The third-order valence-corrected chi connectivity index (χ3v) is 4.40. The lowest BCUT2D eigenvalue weighted by molar-refractivity contribution is 0.0702. The average Bonchev–Trinajstić information content (AvgIpc) is 2.97. The smallest absolute Gasteiger partial charge is 0.259 e. The summed E-state index contributed by atoms with van der Waals surface area (Å²) in [6.45, 7) is 4.92. The van der Waals surface area contributed by atoms with Gasteiger partial charge in [0.2, 0.25) is 0 Å². The number of likely N-dealkylation sites (tertiary alicyclic amines) is 1. The normalized spacial score (nSPS) is 18.2. The highest BCUT2D eigenvalue weighted by molar-refractivity contribution is 5.94. The highest BCUT2D eigenvalue weighted by Gasteiger charge is 2.28. The minimum atomic E-state index is -0.221. The molecule has 0 aromatic carbocycles. The van der Waals surface area contributed by atoms with E-state index in [0.29, 0.717) is 13.1 Å². The Morgan fingerprint density at radius 2 is 2.17 bits per heavy atom. The standard InChI is InChI=1S/C16H21N5O2/c1-10-7-14(22)13(9-20(10)3)16(23)21-6-4-5-12(8-21)15-17-11(2)18-19-15/h7,9,12H,4-6,8H2,1-3H3,(H,17,18,19)/t12-/m0/s1. The highest BCUT2D eigenvalue weighted by Crippen LogP contribution is 2.25. The van der Waals surface area contributed by atoms with E-state index in [0.717, 1.165) is 30.2 Å². The summed E-state index contributed by atoms with van der Waals surface area (Å²) in [6.07, 6.45) is 3.46. The van der Waals surface area contributed by atoms with Crippen LogP contribution in [-0.4, -0.2) is 43.6 Å². The van der Waals surface area contributed by atoms with Gasteiger partial charge in [0.05, 0.1) is 0 Å². The van der Waals surface area contributed by atoms with Crippen LogP contribution in [0.25, 0.3) is 0 Å². The monoisotopic (exact) mass is 315 g/mol. The van der Waals surface area contributed by atoms with Crippen LogP contribution < -0.4 is 5.43 Å². The fraction of sp³-hybridized carbons (Fsp3) is 0.500. The largest absolute Gasteiger partial charge is 0.354 e. The molecule has 2 aromatic heterocycles. The molecule has 0 bridgehead atoms. The maximum Gasteiger partial charge on any atom is 0.259 e. The van der Waals surface area contributed by atoms with Crippen molar-refractivity contribution in [1.29, 1.82) is 0 Å². The third-order valence-electron chi connectivity index (χ3n) is 4.40. The van der Waals surface area contributed by atoms with Crippen molar-refractivity contribution in [2.45, 2.75) is 32.6 Å². The van der Waals surface area contributed by atoms with Crippen molar-refractivity contribution >= 4 is 5.91 Å². The van der Waals surface area contributed by atoms with Crippen LogP contribution in [-0.2, 0) is 7.05 Å². The number of nitrogens with one attached hydrogen (secondary N) is 1. The number of aromatic nitrogens is 4. The first-order valence-electron chi connectivity index (χ1n) is 7.81. The summed E-state index contributed by atoms with van der Waals surface area (Å²) in [7, 11) is 1.83. The second-order valence-electron chi connectivity index (χ2n) is 6.17. The molecule has 0 unspecified atom stereocenters. The Kier molecular flexibility index (Phi) is 4.02. The van der Waals surface area contributed by atoms with Gasteiger partial charge in [0.25, 0.3) is 5.91 Å². The lowest BCUT2D eigenvalue weighted by Gasteiger charge is -2.31. The van der Waals surface area contributed by atoms with Gasteiger partial charge in [-0.05, 0) is 26.7 Å². The van der Waals surface area contributed by atoms with E-state index in [1.54, 1.807) is 15.7 Å². The first-order valence-corrected chi connectivity index (χ1v) is 7.81. The molecule has 122 valence electrons. The summed E-state index contributed by atoms with van der Waals surface area (Å²) >= 11 is 0. The van der Waals surface area contributed by atoms with Crippen molar-refractivity contribution in [3.63, 3.8) is 0 Å². The summed E-state index contributed by atoms with van der Waals surface area (Å²) in [4.78, 5) is 31.0. The summed E-state index contributed by atoms with van der Waals surface area (Å²) in [5.74, 6) is 1.43. The SMILES string of the molecule is Cc1nc([C@H]2CCCN(C(=O)c3cn(C)c(C)cc3=O)C2)n[nH]1. The van der Waals surface area contributed by atoms with Gasteiger partial charge in [0, 0.05) is 44.0 Å². The van der Waals surface area contributed by atoms with Crippen LogP contribution in [0.5, 0.6) is 0 Å². The van der Waals surface area contributed by atoms with Gasteiger partial charge in [-0.25, -0.2) is 4.98 Å². The van der Waals surface area contributed by atoms with Crippen molar-refractivity contribution in [2.24, 2.45) is 7.05 Å². The topological polar surface area (TPSA) is 83.9 Å². The van der Waals surface area contributed by atoms with Crippen molar-refractivity contribution in [1.82, 2.24) is 24.6 Å². The second kappa shape index (κ2) is 5.98. The summed E-state index contributed by atoms with van der Waals surface area (Å²) < 4.78 is 1.80. The molecule has 3 rings (SSSR count). The zero-order valence-corrected chi connectivity index (χ0v) is 13.7.